The molecule has 0 fully saturated rings. The standard InChI is InChI=1S/C22H21N5O3/c1-13(2)27-21(29)16-9-5-4-8-15(16)19(25-27)20(28)24-17-10-6-7-11-18(17)26-14(3)12-23-22(26)30/h4-13H,1-3H3,(H,23,30)(H,24,28). The maximum absolute atomic E-state index is 13.2. The summed E-state index contributed by atoms with van der Waals surface area (Å²) in [6, 6.07) is 13.7. The highest BCUT2D eigenvalue weighted by Crippen LogP contribution is 2.22. The average molecular weight is 403 g/mol. The molecule has 2 N–H and O–H groups in total. The van der Waals surface area contributed by atoms with Crippen molar-refractivity contribution in [1.82, 2.24) is 19.3 Å². The summed E-state index contributed by atoms with van der Waals surface area (Å²) >= 11 is 0. The van der Waals surface area contributed by atoms with E-state index in [9.17, 15) is 14.4 Å². The molecule has 0 saturated carbocycles. The fourth-order valence-electron chi connectivity index (χ4n) is 3.43. The highest BCUT2D eigenvalue weighted by molar-refractivity contribution is 6.11. The van der Waals surface area contributed by atoms with Gasteiger partial charge < -0.3 is 10.3 Å². The van der Waals surface area contributed by atoms with Gasteiger partial charge in [0.25, 0.3) is 11.5 Å². The Morgan fingerprint density at radius 3 is 2.37 bits per heavy atom. The first kappa shape index (κ1) is 19.4. The molecule has 0 saturated heterocycles. The first-order valence-electron chi connectivity index (χ1n) is 9.58. The van der Waals surface area contributed by atoms with Crippen molar-refractivity contribution >= 4 is 22.4 Å². The minimum Gasteiger partial charge on any atom is -0.319 e. The van der Waals surface area contributed by atoms with E-state index in [0.717, 1.165) is 0 Å². The molecule has 0 bridgehead atoms. The highest BCUT2D eigenvalue weighted by Gasteiger charge is 2.19. The molecule has 2 aromatic carbocycles. The Morgan fingerprint density at radius 1 is 1.03 bits per heavy atom. The number of amides is 1. The number of carbonyl (C=O) groups excluding carboxylic acids is 1. The van der Waals surface area contributed by atoms with E-state index < -0.39 is 5.91 Å². The summed E-state index contributed by atoms with van der Waals surface area (Å²) in [4.78, 5) is 40.8. The number of carbonyl (C=O) groups is 1. The predicted octanol–water partition coefficient (Wildman–Crippen LogP) is 3.02. The van der Waals surface area contributed by atoms with Crippen LogP contribution >= 0.6 is 0 Å². The second kappa shape index (κ2) is 7.47. The molecule has 0 radical (unpaired) electrons. The van der Waals surface area contributed by atoms with Crippen LogP contribution in [0.25, 0.3) is 16.5 Å². The van der Waals surface area contributed by atoms with Gasteiger partial charge in [-0.05, 0) is 39.0 Å². The third-order valence-electron chi connectivity index (χ3n) is 4.89. The van der Waals surface area contributed by atoms with Crippen LogP contribution in [0.5, 0.6) is 0 Å². The third-order valence-corrected chi connectivity index (χ3v) is 4.89. The number of fused-ring (bicyclic) bond motifs is 1. The Labute approximate surface area is 171 Å². The number of H-pyrrole nitrogens is 1. The van der Waals surface area contributed by atoms with Gasteiger partial charge >= 0.3 is 5.69 Å². The first-order chi connectivity index (χ1) is 14.4. The number of nitrogens with one attached hydrogen (secondary N) is 2. The van der Waals surface area contributed by atoms with E-state index >= 15 is 0 Å². The summed E-state index contributed by atoms with van der Waals surface area (Å²) in [5.41, 5.74) is 1.31. The summed E-state index contributed by atoms with van der Waals surface area (Å²) in [6.07, 6.45) is 1.61. The van der Waals surface area contributed by atoms with Gasteiger partial charge in [-0.3, -0.25) is 14.2 Å². The topological polar surface area (TPSA) is 102 Å². The number of hydrogen-bond donors (Lipinski definition) is 2. The molecule has 0 aliphatic rings. The van der Waals surface area contributed by atoms with Gasteiger partial charge in [-0.2, -0.15) is 5.10 Å². The zero-order valence-corrected chi connectivity index (χ0v) is 16.8. The van der Waals surface area contributed by atoms with Crippen LogP contribution in [0, 0.1) is 6.92 Å². The molecule has 152 valence electrons. The van der Waals surface area contributed by atoms with E-state index in [2.05, 4.69) is 15.4 Å². The number of aryl methyl sites for hydroxylation is 1. The SMILES string of the molecule is Cc1c[nH]c(=O)n1-c1ccccc1NC(=O)c1nn(C(C)C)c(=O)c2ccccc12. The number of para-hydroxylation sites is 2. The number of aromatic nitrogens is 4. The van der Waals surface area contributed by atoms with Crippen LogP contribution in [0.15, 0.2) is 64.3 Å². The molecule has 8 heteroatoms. The minimum atomic E-state index is -0.464. The molecule has 0 aliphatic carbocycles. The maximum Gasteiger partial charge on any atom is 0.330 e. The quantitative estimate of drug-likeness (QED) is 0.547. The van der Waals surface area contributed by atoms with Crippen molar-refractivity contribution in [3.05, 3.63) is 87.0 Å². The molecule has 2 heterocycles. The fraction of sp³-hybridized carbons (Fsp3) is 0.182. The molecular formula is C22H21N5O3. The van der Waals surface area contributed by atoms with E-state index in [-0.39, 0.29) is 23.0 Å². The molecule has 8 nitrogen and oxygen atoms in total. The molecule has 4 rings (SSSR count). The van der Waals surface area contributed by atoms with Gasteiger partial charge in [-0.1, -0.05) is 30.3 Å². The normalized spacial score (nSPS) is 11.2. The number of rotatable bonds is 4. The lowest BCUT2D eigenvalue weighted by atomic mass is 10.1. The number of imidazole rings is 1. The van der Waals surface area contributed by atoms with E-state index in [1.165, 1.54) is 9.25 Å². The summed E-state index contributed by atoms with van der Waals surface area (Å²) < 4.78 is 2.79. The second-order valence-corrected chi connectivity index (χ2v) is 7.28. The van der Waals surface area contributed by atoms with Crippen LogP contribution in [0.4, 0.5) is 5.69 Å². The Bertz CT molecular complexity index is 1380. The number of nitrogens with zero attached hydrogens (tertiary/aromatic N) is 3. The van der Waals surface area contributed by atoms with Gasteiger partial charge in [-0.25, -0.2) is 9.48 Å². The molecule has 0 unspecified atom stereocenters. The van der Waals surface area contributed by atoms with Gasteiger partial charge in [0, 0.05) is 17.3 Å². The Hall–Kier alpha value is -3.94. The van der Waals surface area contributed by atoms with Gasteiger partial charge in [0.1, 0.15) is 0 Å². The van der Waals surface area contributed by atoms with Crippen molar-refractivity contribution in [2.45, 2.75) is 26.8 Å². The monoisotopic (exact) mass is 403 g/mol. The zero-order chi connectivity index (χ0) is 21.4. The van der Waals surface area contributed by atoms with Crippen molar-refractivity contribution in [1.29, 1.82) is 0 Å². The van der Waals surface area contributed by atoms with E-state index in [1.54, 1.807) is 61.7 Å². The van der Waals surface area contributed by atoms with Crippen molar-refractivity contribution in [2.24, 2.45) is 0 Å². The van der Waals surface area contributed by atoms with Crippen LogP contribution < -0.4 is 16.6 Å². The van der Waals surface area contributed by atoms with Gasteiger partial charge in [0.05, 0.1) is 22.8 Å². The maximum atomic E-state index is 13.2. The predicted molar refractivity (Wildman–Crippen MR) is 115 cm³/mol. The lowest BCUT2D eigenvalue weighted by Gasteiger charge is -2.15. The van der Waals surface area contributed by atoms with Gasteiger partial charge in [0.15, 0.2) is 5.69 Å². The van der Waals surface area contributed by atoms with Gasteiger partial charge in [-0.15, -0.1) is 0 Å². The van der Waals surface area contributed by atoms with Crippen molar-refractivity contribution in [3.8, 4) is 5.69 Å². The zero-order valence-electron chi connectivity index (χ0n) is 16.8. The molecule has 2 aromatic heterocycles. The number of hydrogen-bond acceptors (Lipinski definition) is 4. The fourth-order valence-corrected chi connectivity index (χ4v) is 3.43. The summed E-state index contributed by atoms with van der Waals surface area (Å²) in [5.74, 6) is -0.464. The van der Waals surface area contributed by atoms with Crippen LogP contribution in [0.1, 0.15) is 36.1 Å². The van der Waals surface area contributed by atoms with Crippen LogP contribution in [-0.4, -0.2) is 25.2 Å². The molecule has 0 spiro atoms. The number of benzene rings is 2. The van der Waals surface area contributed by atoms with E-state index in [1.807, 2.05) is 13.8 Å². The third kappa shape index (κ3) is 3.22. The van der Waals surface area contributed by atoms with E-state index in [0.29, 0.717) is 27.8 Å². The molecule has 1 amide bonds. The van der Waals surface area contributed by atoms with Crippen molar-refractivity contribution in [3.63, 3.8) is 0 Å². The van der Waals surface area contributed by atoms with Crippen LogP contribution in [-0.2, 0) is 0 Å². The van der Waals surface area contributed by atoms with Crippen LogP contribution in [0.3, 0.4) is 0 Å². The highest BCUT2D eigenvalue weighted by atomic mass is 16.2. The summed E-state index contributed by atoms with van der Waals surface area (Å²) in [6.45, 7) is 5.46. The average Bonchev–Trinajstić information content (AvgIpc) is 3.06. The van der Waals surface area contributed by atoms with Gasteiger partial charge in [0.2, 0.25) is 0 Å². The van der Waals surface area contributed by atoms with E-state index in [4.69, 9.17) is 0 Å². The molecular weight excluding hydrogens is 382 g/mol. The molecule has 0 atom stereocenters. The number of anilines is 1. The molecule has 0 aliphatic heterocycles. The Balaban J connectivity index is 1.84. The molecule has 30 heavy (non-hydrogen) atoms. The Morgan fingerprint density at radius 2 is 1.70 bits per heavy atom. The summed E-state index contributed by atoms with van der Waals surface area (Å²) in [7, 11) is 0. The van der Waals surface area contributed by atoms with Crippen molar-refractivity contribution in [2.75, 3.05) is 5.32 Å². The van der Waals surface area contributed by atoms with Crippen molar-refractivity contribution < 1.29 is 4.79 Å². The lowest BCUT2D eigenvalue weighted by Crippen LogP contribution is -2.29. The largest absolute Gasteiger partial charge is 0.330 e. The van der Waals surface area contributed by atoms with Crippen LogP contribution in [0.2, 0.25) is 0 Å². The lowest BCUT2D eigenvalue weighted by molar-refractivity contribution is 0.102. The number of aromatic amines is 1. The molecule has 4 aromatic rings. The summed E-state index contributed by atoms with van der Waals surface area (Å²) in [5, 5.41) is 8.10. The Kier molecular flexibility index (Phi) is 4.83. The minimum absolute atomic E-state index is 0.145. The first-order valence-corrected chi connectivity index (χ1v) is 9.58. The second-order valence-electron chi connectivity index (χ2n) is 7.28. The smallest absolute Gasteiger partial charge is 0.319 e.